The van der Waals surface area contributed by atoms with Crippen molar-refractivity contribution >= 4 is 5.91 Å². The molecule has 0 unspecified atom stereocenters. The summed E-state index contributed by atoms with van der Waals surface area (Å²) in [5, 5.41) is 3.15. The maximum Gasteiger partial charge on any atom is 0.220 e. The molecule has 3 heterocycles. The molecule has 5 heteroatoms. The van der Waals surface area contributed by atoms with Crippen LogP contribution in [0, 0.1) is 5.92 Å². The predicted octanol–water partition coefficient (Wildman–Crippen LogP) is 4.10. The second-order valence-corrected chi connectivity index (χ2v) is 9.08. The summed E-state index contributed by atoms with van der Waals surface area (Å²) < 4.78 is 11.8. The average molecular weight is 395 g/mol. The van der Waals surface area contributed by atoms with Crippen molar-refractivity contribution in [2.45, 2.75) is 56.6 Å². The highest BCUT2D eigenvalue weighted by molar-refractivity contribution is 5.77. The normalized spacial score (nSPS) is 23.4. The van der Waals surface area contributed by atoms with E-state index in [2.05, 4.69) is 28.4 Å². The highest BCUT2D eigenvalue weighted by Gasteiger charge is 2.43. The summed E-state index contributed by atoms with van der Waals surface area (Å²) in [6, 6.07) is 10.3. The highest BCUT2D eigenvalue weighted by atomic mass is 16.5. The van der Waals surface area contributed by atoms with Gasteiger partial charge in [0.15, 0.2) is 0 Å². The molecule has 1 spiro atoms. The molecule has 1 aliphatic carbocycles. The number of amides is 1. The Bertz CT molecular complexity index is 836. The molecule has 3 aliphatic rings. The van der Waals surface area contributed by atoms with Crippen molar-refractivity contribution in [3.8, 4) is 5.75 Å². The van der Waals surface area contributed by atoms with Gasteiger partial charge in [0.2, 0.25) is 5.91 Å². The Morgan fingerprint density at radius 1 is 1.17 bits per heavy atom. The minimum Gasteiger partial charge on any atom is -0.487 e. The summed E-state index contributed by atoms with van der Waals surface area (Å²) in [5.41, 5.74) is 2.27. The molecule has 1 N–H and O–H groups in total. The fourth-order valence-electron chi connectivity index (χ4n) is 4.87. The number of para-hydroxylation sites is 1. The first-order valence-corrected chi connectivity index (χ1v) is 11.0. The summed E-state index contributed by atoms with van der Waals surface area (Å²) >= 11 is 0. The van der Waals surface area contributed by atoms with Gasteiger partial charge in [-0.3, -0.25) is 9.69 Å². The molecule has 1 amide bonds. The van der Waals surface area contributed by atoms with Gasteiger partial charge in [0.25, 0.3) is 0 Å². The first kappa shape index (κ1) is 18.7. The van der Waals surface area contributed by atoms with Gasteiger partial charge in [0.05, 0.1) is 12.5 Å². The van der Waals surface area contributed by atoms with Crippen LogP contribution in [-0.2, 0) is 11.3 Å². The third-order valence-electron chi connectivity index (χ3n) is 6.77. The summed E-state index contributed by atoms with van der Waals surface area (Å²) in [6.45, 7) is 3.79. The largest absolute Gasteiger partial charge is 0.487 e. The van der Waals surface area contributed by atoms with E-state index in [0.29, 0.717) is 12.3 Å². The van der Waals surface area contributed by atoms with Gasteiger partial charge in [0, 0.05) is 44.1 Å². The number of piperidine rings is 1. The molecule has 1 aromatic heterocycles. The molecule has 5 rings (SSSR count). The molecular weight excluding hydrogens is 364 g/mol. The van der Waals surface area contributed by atoms with Crippen LogP contribution in [0.4, 0.5) is 0 Å². The Hall–Kier alpha value is -2.27. The Morgan fingerprint density at radius 3 is 2.76 bits per heavy atom. The van der Waals surface area contributed by atoms with E-state index in [-0.39, 0.29) is 17.4 Å². The molecule has 2 aromatic rings. The lowest BCUT2D eigenvalue weighted by molar-refractivity contribution is -0.122. The highest BCUT2D eigenvalue weighted by Crippen LogP contribution is 2.46. The molecule has 29 heavy (non-hydrogen) atoms. The van der Waals surface area contributed by atoms with Crippen molar-refractivity contribution in [2.24, 2.45) is 5.92 Å². The van der Waals surface area contributed by atoms with Crippen molar-refractivity contribution < 1.29 is 13.9 Å². The van der Waals surface area contributed by atoms with Crippen LogP contribution in [0.5, 0.6) is 5.75 Å². The first-order valence-electron chi connectivity index (χ1n) is 11.0. The number of hydrogen-bond acceptors (Lipinski definition) is 4. The van der Waals surface area contributed by atoms with E-state index in [1.807, 2.05) is 18.4 Å². The molecule has 0 radical (unpaired) electrons. The Balaban J connectivity index is 1.26. The second-order valence-electron chi connectivity index (χ2n) is 9.08. The minimum absolute atomic E-state index is 0.150. The third-order valence-corrected chi connectivity index (χ3v) is 6.77. The quantitative estimate of drug-likeness (QED) is 0.802. The number of furan rings is 1. The van der Waals surface area contributed by atoms with Gasteiger partial charge in [-0.25, -0.2) is 0 Å². The number of likely N-dealkylation sites (tertiary alicyclic amines) is 1. The number of rotatable bonds is 6. The van der Waals surface area contributed by atoms with E-state index in [9.17, 15) is 4.79 Å². The number of fused-ring (bicyclic) bond motifs is 1. The van der Waals surface area contributed by atoms with Crippen LogP contribution in [0.3, 0.4) is 0 Å². The molecule has 2 fully saturated rings. The lowest BCUT2D eigenvalue weighted by Crippen LogP contribution is -2.50. The summed E-state index contributed by atoms with van der Waals surface area (Å²) in [5.74, 6) is 2.11. The van der Waals surface area contributed by atoms with Crippen molar-refractivity contribution in [3.63, 3.8) is 0 Å². The molecule has 1 atom stereocenters. The van der Waals surface area contributed by atoms with Gasteiger partial charge < -0.3 is 14.5 Å². The van der Waals surface area contributed by atoms with Crippen LogP contribution < -0.4 is 10.1 Å². The van der Waals surface area contributed by atoms with E-state index >= 15 is 0 Å². The van der Waals surface area contributed by atoms with E-state index in [0.717, 1.165) is 51.2 Å². The summed E-state index contributed by atoms with van der Waals surface area (Å²) in [7, 11) is 0. The SMILES string of the molecule is O=C(C[C@H]1CC2(CCN(Cc3ccoc3)CC2)Oc2ccccc21)NCC1CC1. The van der Waals surface area contributed by atoms with Crippen LogP contribution in [-0.4, -0.2) is 36.0 Å². The van der Waals surface area contributed by atoms with Gasteiger partial charge in [-0.2, -0.15) is 0 Å². The maximum atomic E-state index is 12.6. The summed E-state index contributed by atoms with van der Waals surface area (Å²) in [4.78, 5) is 15.1. The van der Waals surface area contributed by atoms with Crippen molar-refractivity contribution in [2.75, 3.05) is 19.6 Å². The van der Waals surface area contributed by atoms with Crippen LogP contribution >= 0.6 is 0 Å². The molecular formula is C24H30N2O3. The fraction of sp³-hybridized carbons (Fsp3) is 0.542. The van der Waals surface area contributed by atoms with Gasteiger partial charge in [-0.05, 0) is 55.7 Å². The molecule has 154 valence electrons. The minimum atomic E-state index is -0.150. The van der Waals surface area contributed by atoms with Gasteiger partial charge in [-0.1, -0.05) is 18.2 Å². The number of nitrogens with zero attached hydrogens (tertiary/aromatic N) is 1. The van der Waals surface area contributed by atoms with Gasteiger partial charge >= 0.3 is 0 Å². The third kappa shape index (κ3) is 4.35. The van der Waals surface area contributed by atoms with Crippen molar-refractivity contribution in [3.05, 3.63) is 54.0 Å². The number of ether oxygens (including phenoxy) is 1. The van der Waals surface area contributed by atoms with Crippen molar-refractivity contribution in [1.29, 1.82) is 0 Å². The zero-order valence-corrected chi connectivity index (χ0v) is 16.9. The topological polar surface area (TPSA) is 54.7 Å². The van der Waals surface area contributed by atoms with Crippen LogP contribution in [0.2, 0.25) is 0 Å². The van der Waals surface area contributed by atoms with E-state index in [4.69, 9.17) is 9.15 Å². The zero-order valence-electron chi connectivity index (χ0n) is 16.9. The van der Waals surface area contributed by atoms with E-state index in [1.165, 1.54) is 24.0 Å². The molecule has 1 aromatic carbocycles. The number of carbonyl (C=O) groups is 1. The van der Waals surface area contributed by atoms with Gasteiger partial charge in [0.1, 0.15) is 11.4 Å². The molecule has 1 saturated carbocycles. The number of carbonyl (C=O) groups excluding carboxylic acids is 1. The Labute approximate surface area is 172 Å². The molecule has 2 aliphatic heterocycles. The van der Waals surface area contributed by atoms with Crippen LogP contribution in [0.15, 0.2) is 47.3 Å². The molecule has 0 bridgehead atoms. The number of benzene rings is 1. The standard InChI is InChI=1S/C24H30N2O3/c27-23(25-15-18-5-6-18)13-20-14-24(29-22-4-2-1-3-21(20)22)8-10-26(11-9-24)16-19-7-12-28-17-19/h1-4,7,12,17-18,20H,5-6,8-11,13-16H2,(H,25,27)/t20-/m0/s1. The van der Waals surface area contributed by atoms with Crippen LogP contribution in [0.25, 0.3) is 0 Å². The fourth-order valence-corrected chi connectivity index (χ4v) is 4.87. The monoisotopic (exact) mass is 394 g/mol. The Kier molecular flexibility index (Phi) is 5.08. The average Bonchev–Trinajstić information content (AvgIpc) is 3.43. The summed E-state index contributed by atoms with van der Waals surface area (Å²) in [6.07, 6.45) is 9.58. The first-order chi connectivity index (χ1) is 14.2. The molecule has 1 saturated heterocycles. The zero-order chi connectivity index (χ0) is 19.7. The lowest BCUT2D eigenvalue weighted by atomic mass is 9.76. The molecule has 5 nitrogen and oxygen atoms in total. The smallest absolute Gasteiger partial charge is 0.220 e. The van der Waals surface area contributed by atoms with E-state index in [1.54, 1.807) is 6.26 Å². The lowest BCUT2D eigenvalue weighted by Gasteiger charge is -2.47. The van der Waals surface area contributed by atoms with Crippen LogP contribution in [0.1, 0.15) is 55.6 Å². The Morgan fingerprint density at radius 2 is 2.00 bits per heavy atom. The van der Waals surface area contributed by atoms with Gasteiger partial charge in [-0.15, -0.1) is 0 Å². The predicted molar refractivity (Wildman–Crippen MR) is 111 cm³/mol. The maximum absolute atomic E-state index is 12.6. The second kappa shape index (κ2) is 7.86. The number of hydrogen-bond donors (Lipinski definition) is 1. The number of nitrogens with one attached hydrogen (secondary N) is 1. The van der Waals surface area contributed by atoms with Crippen molar-refractivity contribution in [1.82, 2.24) is 10.2 Å². The van der Waals surface area contributed by atoms with E-state index < -0.39 is 0 Å².